The van der Waals surface area contributed by atoms with Gasteiger partial charge in [0.05, 0.1) is 0 Å². The molecule has 112 valence electrons. The van der Waals surface area contributed by atoms with Crippen molar-refractivity contribution in [1.82, 2.24) is 0 Å². The molecular formula is C20H17BO2. The Morgan fingerprint density at radius 3 is 2.17 bits per heavy atom. The molecular weight excluding hydrogens is 283 g/mol. The minimum Gasteiger partial charge on any atom is -0.423 e. The first-order valence-corrected chi connectivity index (χ1v) is 7.91. The summed E-state index contributed by atoms with van der Waals surface area (Å²) in [4.78, 5) is 0. The van der Waals surface area contributed by atoms with Crippen LogP contribution in [0.1, 0.15) is 12.5 Å². The monoisotopic (exact) mass is 300 g/mol. The van der Waals surface area contributed by atoms with Crippen LogP contribution in [0.15, 0.2) is 60.7 Å². The van der Waals surface area contributed by atoms with Gasteiger partial charge in [-0.25, -0.2) is 0 Å². The number of benzene rings is 4. The average Bonchev–Trinajstić information content (AvgIpc) is 2.58. The molecule has 0 saturated heterocycles. The van der Waals surface area contributed by atoms with E-state index in [1.54, 1.807) is 0 Å². The zero-order valence-corrected chi connectivity index (χ0v) is 13.0. The molecule has 4 rings (SSSR count). The Kier molecular flexibility index (Phi) is 3.33. The van der Waals surface area contributed by atoms with E-state index in [-0.39, 0.29) is 0 Å². The Morgan fingerprint density at radius 1 is 0.739 bits per heavy atom. The lowest BCUT2D eigenvalue weighted by Crippen LogP contribution is -2.30. The lowest BCUT2D eigenvalue weighted by Gasteiger charge is -2.12. The minimum atomic E-state index is -1.46. The first kappa shape index (κ1) is 14.3. The highest BCUT2D eigenvalue weighted by Gasteiger charge is 2.17. The van der Waals surface area contributed by atoms with E-state index in [0.717, 1.165) is 28.1 Å². The molecule has 4 aromatic carbocycles. The highest BCUT2D eigenvalue weighted by atomic mass is 16.4. The second-order valence-corrected chi connectivity index (χ2v) is 5.99. The standard InChI is InChI=1S/C20H17BO2/c1-2-13-9-19-17(20(10-13)21(22)23)8-7-16-11-14-5-3-4-6-15(14)12-18(16)19/h3-12,22-23H,2H2,1H3. The van der Waals surface area contributed by atoms with Crippen molar-refractivity contribution in [3.05, 3.63) is 66.2 Å². The third kappa shape index (κ3) is 2.29. The fourth-order valence-electron chi connectivity index (χ4n) is 3.37. The van der Waals surface area contributed by atoms with Gasteiger partial charge < -0.3 is 10.0 Å². The number of hydrogen-bond acceptors (Lipinski definition) is 2. The summed E-state index contributed by atoms with van der Waals surface area (Å²) in [6.07, 6.45) is 0.861. The molecule has 4 aromatic rings. The van der Waals surface area contributed by atoms with Crippen LogP contribution in [0.25, 0.3) is 32.3 Å². The molecule has 0 aromatic heterocycles. The van der Waals surface area contributed by atoms with Gasteiger partial charge in [-0.15, -0.1) is 0 Å². The smallest absolute Gasteiger partial charge is 0.423 e. The summed E-state index contributed by atoms with van der Waals surface area (Å²) in [5.41, 5.74) is 1.69. The predicted octanol–water partition coefficient (Wildman–Crippen LogP) is 3.39. The molecule has 0 saturated carbocycles. The van der Waals surface area contributed by atoms with E-state index in [4.69, 9.17) is 0 Å². The van der Waals surface area contributed by atoms with E-state index >= 15 is 0 Å². The third-order valence-electron chi connectivity index (χ3n) is 4.60. The summed E-state index contributed by atoms with van der Waals surface area (Å²) in [7, 11) is -1.46. The second kappa shape index (κ2) is 5.37. The highest BCUT2D eigenvalue weighted by molar-refractivity contribution is 6.62. The molecule has 23 heavy (non-hydrogen) atoms. The molecule has 0 aliphatic carbocycles. The summed E-state index contributed by atoms with van der Waals surface area (Å²) in [5, 5.41) is 26.2. The zero-order chi connectivity index (χ0) is 16.0. The molecule has 3 heteroatoms. The van der Waals surface area contributed by atoms with E-state index < -0.39 is 7.12 Å². The van der Waals surface area contributed by atoms with Gasteiger partial charge in [0.1, 0.15) is 0 Å². The van der Waals surface area contributed by atoms with Crippen molar-refractivity contribution < 1.29 is 10.0 Å². The largest absolute Gasteiger partial charge is 0.489 e. The Morgan fingerprint density at radius 2 is 1.48 bits per heavy atom. The van der Waals surface area contributed by atoms with E-state index in [0.29, 0.717) is 5.46 Å². The fourth-order valence-corrected chi connectivity index (χ4v) is 3.37. The van der Waals surface area contributed by atoms with Crippen LogP contribution in [0, 0.1) is 0 Å². The maximum absolute atomic E-state index is 9.74. The molecule has 0 spiro atoms. The van der Waals surface area contributed by atoms with Gasteiger partial charge in [0.25, 0.3) is 0 Å². The van der Waals surface area contributed by atoms with Gasteiger partial charge in [0, 0.05) is 0 Å². The number of fused-ring (bicyclic) bond motifs is 4. The van der Waals surface area contributed by atoms with Crippen molar-refractivity contribution in [3.63, 3.8) is 0 Å². The molecule has 0 bridgehead atoms. The highest BCUT2D eigenvalue weighted by Crippen LogP contribution is 2.29. The fraction of sp³-hybridized carbons (Fsp3) is 0.100. The summed E-state index contributed by atoms with van der Waals surface area (Å²) in [5.74, 6) is 0. The van der Waals surface area contributed by atoms with Crippen molar-refractivity contribution in [2.75, 3.05) is 0 Å². The van der Waals surface area contributed by atoms with Gasteiger partial charge in [-0.3, -0.25) is 0 Å². The van der Waals surface area contributed by atoms with Gasteiger partial charge in [0.2, 0.25) is 0 Å². The van der Waals surface area contributed by atoms with Crippen LogP contribution in [0.3, 0.4) is 0 Å². The maximum Gasteiger partial charge on any atom is 0.489 e. The van der Waals surface area contributed by atoms with Crippen molar-refractivity contribution >= 4 is 44.9 Å². The first-order chi connectivity index (χ1) is 11.2. The lowest BCUT2D eigenvalue weighted by molar-refractivity contribution is 0.426. The van der Waals surface area contributed by atoms with Gasteiger partial charge >= 0.3 is 7.12 Å². The maximum atomic E-state index is 9.74. The Hall–Kier alpha value is -2.36. The predicted molar refractivity (Wildman–Crippen MR) is 98.2 cm³/mol. The molecule has 0 heterocycles. The molecule has 0 aliphatic rings. The SMILES string of the molecule is CCc1cc(B(O)O)c2ccc3cc4ccccc4cc3c2c1. The van der Waals surface area contributed by atoms with Gasteiger partial charge in [-0.05, 0) is 61.9 Å². The Labute approximate surface area is 135 Å². The van der Waals surface area contributed by atoms with Crippen LogP contribution in [0.4, 0.5) is 0 Å². The van der Waals surface area contributed by atoms with Crippen LogP contribution in [-0.2, 0) is 6.42 Å². The van der Waals surface area contributed by atoms with Gasteiger partial charge in [-0.1, -0.05) is 55.5 Å². The van der Waals surface area contributed by atoms with Crippen LogP contribution in [0.2, 0.25) is 0 Å². The van der Waals surface area contributed by atoms with Crippen LogP contribution >= 0.6 is 0 Å². The van der Waals surface area contributed by atoms with Crippen molar-refractivity contribution in [2.45, 2.75) is 13.3 Å². The summed E-state index contributed by atoms with van der Waals surface area (Å²) in [6.45, 7) is 2.08. The second-order valence-electron chi connectivity index (χ2n) is 5.99. The first-order valence-electron chi connectivity index (χ1n) is 7.91. The summed E-state index contributed by atoms with van der Waals surface area (Å²) < 4.78 is 0. The van der Waals surface area contributed by atoms with Gasteiger partial charge in [0.15, 0.2) is 0 Å². The van der Waals surface area contributed by atoms with Crippen LogP contribution < -0.4 is 5.46 Å². The third-order valence-corrected chi connectivity index (χ3v) is 4.60. The van der Waals surface area contributed by atoms with E-state index in [1.165, 1.54) is 16.2 Å². The van der Waals surface area contributed by atoms with E-state index in [2.05, 4.69) is 43.3 Å². The molecule has 0 aliphatic heterocycles. The quantitative estimate of drug-likeness (QED) is 0.338. The van der Waals surface area contributed by atoms with Gasteiger partial charge in [-0.2, -0.15) is 0 Å². The number of rotatable bonds is 2. The molecule has 0 atom stereocenters. The van der Waals surface area contributed by atoms with Crippen LogP contribution in [0.5, 0.6) is 0 Å². The van der Waals surface area contributed by atoms with E-state index in [1.807, 2.05) is 24.3 Å². The van der Waals surface area contributed by atoms with E-state index in [9.17, 15) is 10.0 Å². The molecule has 0 radical (unpaired) electrons. The molecule has 0 amide bonds. The van der Waals surface area contributed by atoms with Crippen molar-refractivity contribution in [2.24, 2.45) is 0 Å². The van der Waals surface area contributed by atoms with Crippen molar-refractivity contribution in [1.29, 1.82) is 0 Å². The zero-order valence-electron chi connectivity index (χ0n) is 13.0. The molecule has 2 nitrogen and oxygen atoms in total. The minimum absolute atomic E-state index is 0.578. The topological polar surface area (TPSA) is 40.5 Å². The number of hydrogen-bond donors (Lipinski definition) is 2. The summed E-state index contributed by atoms with van der Waals surface area (Å²) in [6, 6.07) is 20.8. The Balaban J connectivity index is 2.18. The normalized spacial score (nSPS) is 11.4. The molecule has 2 N–H and O–H groups in total. The average molecular weight is 300 g/mol. The summed E-state index contributed by atoms with van der Waals surface area (Å²) >= 11 is 0. The van der Waals surface area contributed by atoms with Crippen LogP contribution in [-0.4, -0.2) is 17.2 Å². The number of aryl methyl sites for hydroxylation is 1. The Bertz CT molecular complexity index is 1040. The van der Waals surface area contributed by atoms with Crippen molar-refractivity contribution in [3.8, 4) is 0 Å². The molecule has 0 fully saturated rings. The molecule has 0 unspecified atom stereocenters. The lowest BCUT2D eigenvalue weighted by atomic mass is 9.75.